The van der Waals surface area contributed by atoms with Gasteiger partial charge in [-0.15, -0.1) is 0 Å². The fourth-order valence-corrected chi connectivity index (χ4v) is 7.85. The molecule has 2 aromatic rings. The Bertz CT molecular complexity index is 1430. The number of benzene rings is 2. The number of carbonyl (C=O) groups is 5. The summed E-state index contributed by atoms with van der Waals surface area (Å²) < 4.78 is 5.50. The summed E-state index contributed by atoms with van der Waals surface area (Å²) in [7, 11) is 0. The lowest BCUT2D eigenvalue weighted by atomic mass is 9.53. The van der Waals surface area contributed by atoms with Crippen LogP contribution in [0, 0.1) is 41.4 Å². The minimum atomic E-state index is -0.748. The maximum absolute atomic E-state index is 14.1. The van der Waals surface area contributed by atoms with Crippen molar-refractivity contribution in [2.24, 2.45) is 41.4 Å². The van der Waals surface area contributed by atoms with Crippen LogP contribution in [-0.2, 0) is 28.7 Å². The molecule has 2 aromatic carbocycles. The number of hydrogen-bond donors (Lipinski definition) is 0. The van der Waals surface area contributed by atoms with Crippen LogP contribution in [0.2, 0.25) is 0 Å². The van der Waals surface area contributed by atoms with Crippen molar-refractivity contribution < 1.29 is 28.7 Å². The molecule has 4 aliphatic rings. The first-order valence-corrected chi connectivity index (χ1v) is 14.1. The molecule has 2 aliphatic heterocycles. The second-order valence-corrected chi connectivity index (χ2v) is 11.1. The monoisotopic (exact) mass is 540 g/mol. The summed E-state index contributed by atoms with van der Waals surface area (Å²) >= 11 is 0. The third-order valence-corrected chi connectivity index (χ3v) is 9.35. The third-order valence-electron chi connectivity index (χ3n) is 9.35. The number of esters is 1. The van der Waals surface area contributed by atoms with Crippen LogP contribution in [0.3, 0.4) is 0 Å². The number of fused-ring (bicyclic) bond motifs is 4. The lowest BCUT2D eigenvalue weighted by Crippen LogP contribution is -2.49. The zero-order valence-corrected chi connectivity index (χ0v) is 22.8. The fourth-order valence-electron chi connectivity index (χ4n) is 7.85. The molecule has 3 fully saturated rings. The quantitative estimate of drug-likeness (QED) is 0.417. The molecule has 6 rings (SSSR count). The summed E-state index contributed by atoms with van der Waals surface area (Å²) in [6.07, 6.45) is 0.646. The number of imide groups is 2. The van der Waals surface area contributed by atoms with Gasteiger partial charge in [0.15, 0.2) is 0 Å². The van der Waals surface area contributed by atoms with Gasteiger partial charge in [0.05, 0.1) is 41.7 Å². The van der Waals surface area contributed by atoms with Crippen molar-refractivity contribution in [1.82, 2.24) is 0 Å². The summed E-state index contributed by atoms with van der Waals surface area (Å²) in [6.45, 7) is 5.68. The Morgan fingerprint density at radius 3 is 1.82 bits per heavy atom. The van der Waals surface area contributed by atoms with Gasteiger partial charge in [-0.05, 0) is 55.9 Å². The van der Waals surface area contributed by atoms with Gasteiger partial charge in [0, 0.05) is 11.5 Å². The zero-order valence-electron chi connectivity index (χ0n) is 22.8. The van der Waals surface area contributed by atoms with Gasteiger partial charge >= 0.3 is 5.97 Å². The Labute approximate surface area is 233 Å². The topological polar surface area (TPSA) is 101 Å². The highest BCUT2D eigenvalue weighted by Crippen LogP contribution is 2.59. The number of rotatable bonds is 5. The summed E-state index contributed by atoms with van der Waals surface area (Å²) in [4.78, 5) is 71.8. The molecule has 7 atom stereocenters. The first-order valence-electron chi connectivity index (χ1n) is 14.1. The molecule has 0 N–H and O–H groups in total. The molecule has 2 aliphatic carbocycles. The Kier molecular flexibility index (Phi) is 6.44. The molecular formula is C32H32N2O6. The van der Waals surface area contributed by atoms with Gasteiger partial charge in [-0.2, -0.15) is 0 Å². The Balaban J connectivity index is 1.50. The number of amides is 4. The molecule has 0 bridgehead atoms. The fraction of sp³-hybridized carbons (Fsp3) is 0.406. The minimum Gasteiger partial charge on any atom is -0.463 e. The number of carbonyl (C=O) groups excluding carboxylic acids is 5. The van der Waals surface area contributed by atoms with Crippen LogP contribution in [-0.4, -0.2) is 36.2 Å². The predicted octanol–water partition coefficient (Wildman–Crippen LogP) is 4.15. The van der Waals surface area contributed by atoms with E-state index in [1.165, 1.54) is 9.80 Å². The van der Waals surface area contributed by atoms with Crippen molar-refractivity contribution in [1.29, 1.82) is 0 Å². The molecular weight excluding hydrogens is 508 g/mol. The van der Waals surface area contributed by atoms with E-state index in [1.54, 1.807) is 55.5 Å². The van der Waals surface area contributed by atoms with E-state index in [0.717, 1.165) is 0 Å². The average molecular weight is 541 g/mol. The zero-order chi connectivity index (χ0) is 28.3. The van der Waals surface area contributed by atoms with Crippen LogP contribution in [0.4, 0.5) is 11.4 Å². The van der Waals surface area contributed by atoms with E-state index < -0.39 is 47.4 Å². The highest BCUT2D eigenvalue weighted by molar-refractivity contribution is 6.24. The highest BCUT2D eigenvalue weighted by atomic mass is 16.5. The van der Waals surface area contributed by atoms with Crippen molar-refractivity contribution in [2.45, 2.75) is 33.6 Å². The van der Waals surface area contributed by atoms with Gasteiger partial charge in [0.2, 0.25) is 23.6 Å². The number of para-hydroxylation sites is 2. The summed E-state index contributed by atoms with van der Waals surface area (Å²) in [5.41, 5.74) is 2.11. The van der Waals surface area contributed by atoms with Crippen LogP contribution in [0.15, 0.2) is 71.8 Å². The molecule has 2 heterocycles. The average Bonchev–Trinajstić information content (AvgIpc) is 3.37. The molecule has 0 spiro atoms. The summed E-state index contributed by atoms with van der Waals surface area (Å²) in [5.74, 6) is -6.02. The molecule has 8 heteroatoms. The van der Waals surface area contributed by atoms with Crippen molar-refractivity contribution in [3.63, 3.8) is 0 Å². The van der Waals surface area contributed by atoms with Crippen LogP contribution >= 0.6 is 0 Å². The van der Waals surface area contributed by atoms with E-state index in [0.29, 0.717) is 28.9 Å². The maximum Gasteiger partial charge on any atom is 0.334 e. The van der Waals surface area contributed by atoms with Crippen LogP contribution in [0.25, 0.3) is 0 Å². The van der Waals surface area contributed by atoms with Gasteiger partial charge in [0.1, 0.15) is 0 Å². The van der Waals surface area contributed by atoms with Crippen LogP contribution < -0.4 is 9.80 Å². The highest BCUT2D eigenvalue weighted by Gasteiger charge is 2.65. The van der Waals surface area contributed by atoms with E-state index in [1.807, 2.05) is 26.0 Å². The van der Waals surface area contributed by atoms with Gasteiger partial charge < -0.3 is 4.74 Å². The Hall–Kier alpha value is -4.07. The molecule has 40 heavy (non-hydrogen) atoms. The molecule has 4 amide bonds. The van der Waals surface area contributed by atoms with E-state index in [4.69, 9.17) is 4.74 Å². The van der Waals surface area contributed by atoms with Crippen molar-refractivity contribution >= 4 is 41.0 Å². The van der Waals surface area contributed by atoms with Crippen molar-refractivity contribution in [3.8, 4) is 0 Å². The molecule has 1 saturated carbocycles. The molecule has 0 aromatic heterocycles. The second kappa shape index (κ2) is 9.84. The van der Waals surface area contributed by atoms with Crippen LogP contribution in [0.1, 0.15) is 33.6 Å². The molecule has 1 unspecified atom stereocenters. The van der Waals surface area contributed by atoms with Gasteiger partial charge in [-0.3, -0.25) is 29.0 Å². The SMILES string of the molecule is CCOC(=O)C1=C2C[C@@H]3C(=O)N(c4ccccc4)C(=O)[C@@H]3C(C)[C@H]2[C@H]2C(=O)N(c3ccccc3)C(=O)[C@H]2[C@H]1CC. The number of hydrogen-bond acceptors (Lipinski definition) is 6. The van der Waals surface area contributed by atoms with Gasteiger partial charge in [0.25, 0.3) is 0 Å². The standard InChI is InChI=1S/C32H32N2O6/c1-4-20-25(32(39)40-5-2)21-16-22-24(29(36)33(28(22)35)18-12-8-6-9-13-18)17(3)23(21)27-26(20)30(37)34(31(27)38)19-14-10-7-11-15-19/h6-15,17,20,22-24,26-27H,4-5,16H2,1-3H3/t17?,20-,22-,23+,24+,26-,27+/m0/s1. The largest absolute Gasteiger partial charge is 0.463 e. The summed E-state index contributed by atoms with van der Waals surface area (Å²) in [6, 6.07) is 17.7. The Morgan fingerprint density at radius 1 is 0.750 bits per heavy atom. The molecule has 0 radical (unpaired) electrons. The maximum atomic E-state index is 14.1. The van der Waals surface area contributed by atoms with E-state index >= 15 is 0 Å². The smallest absolute Gasteiger partial charge is 0.334 e. The molecule has 2 saturated heterocycles. The number of anilines is 2. The van der Waals surface area contributed by atoms with Gasteiger partial charge in [-0.25, -0.2) is 4.79 Å². The number of allylic oxidation sites excluding steroid dienone is 1. The first-order chi connectivity index (χ1) is 19.3. The van der Waals surface area contributed by atoms with E-state index in [2.05, 4.69) is 0 Å². The summed E-state index contributed by atoms with van der Waals surface area (Å²) in [5, 5.41) is 0. The normalized spacial score (nSPS) is 31.3. The van der Waals surface area contributed by atoms with Gasteiger partial charge in [-0.1, -0.05) is 55.8 Å². The Morgan fingerprint density at radius 2 is 1.27 bits per heavy atom. The second-order valence-electron chi connectivity index (χ2n) is 11.1. The first kappa shape index (κ1) is 26.2. The number of nitrogens with zero attached hydrogens (tertiary/aromatic N) is 2. The minimum absolute atomic E-state index is 0.161. The molecule has 206 valence electrons. The lowest BCUT2D eigenvalue weighted by molar-refractivity contribution is -0.141. The van der Waals surface area contributed by atoms with Crippen LogP contribution in [0.5, 0.6) is 0 Å². The molecule has 8 nitrogen and oxygen atoms in total. The number of ether oxygens (including phenoxy) is 1. The predicted molar refractivity (Wildman–Crippen MR) is 147 cm³/mol. The van der Waals surface area contributed by atoms with Crippen molar-refractivity contribution in [2.75, 3.05) is 16.4 Å². The van der Waals surface area contributed by atoms with E-state index in [9.17, 15) is 24.0 Å². The van der Waals surface area contributed by atoms with Crippen molar-refractivity contribution in [3.05, 3.63) is 71.8 Å². The van der Waals surface area contributed by atoms with E-state index in [-0.39, 0.29) is 36.7 Å². The third kappa shape index (κ3) is 3.61. The lowest BCUT2D eigenvalue weighted by Gasteiger charge is -2.47.